The number of amides is 2. The third-order valence-corrected chi connectivity index (χ3v) is 5.30. The van der Waals surface area contributed by atoms with Crippen LogP contribution in [0.25, 0.3) is 10.8 Å². The number of hydrogen-bond donors (Lipinski definition) is 3. The zero-order valence-corrected chi connectivity index (χ0v) is 17.9. The van der Waals surface area contributed by atoms with Crippen molar-refractivity contribution in [1.29, 1.82) is 0 Å². The summed E-state index contributed by atoms with van der Waals surface area (Å²) >= 11 is 0. The van der Waals surface area contributed by atoms with Crippen LogP contribution in [-0.2, 0) is 22.4 Å². The monoisotopic (exact) mass is 406 g/mol. The Balaban J connectivity index is 1.51. The Hall–Kier alpha value is -3.15. The molecule has 2 amide bonds. The maximum Gasteiger partial charge on any atom is 0.242 e. The van der Waals surface area contributed by atoms with Gasteiger partial charge in [0.05, 0.1) is 12.6 Å². The zero-order valence-electron chi connectivity index (χ0n) is 17.9. The van der Waals surface area contributed by atoms with Crippen LogP contribution < -0.4 is 10.6 Å². The van der Waals surface area contributed by atoms with E-state index in [9.17, 15) is 9.59 Å². The van der Waals surface area contributed by atoms with E-state index in [2.05, 4.69) is 20.8 Å². The molecule has 30 heavy (non-hydrogen) atoms. The molecule has 0 spiro atoms. The van der Waals surface area contributed by atoms with Crippen molar-refractivity contribution in [3.8, 4) is 0 Å². The van der Waals surface area contributed by atoms with Gasteiger partial charge >= 0.3 is 0 Å². The Morgan fingerprint density at radius 2 is 1.87 bits per heavy atom. The minimum atomic E-state index is -0.548. The molecule has 158 valence electrons. The highest BCUT2D eigenvalue weighted by atomic mass is 16.2. The molecule has 3 N–H and O–H groups in total. The van der Waals surface area contributed by atoms with Gasteiger partial charge in [-0.2, -0.15) is 5.10 Å². The Morgan fingerprint density at radius 1 is 1.10 bits per heavy atom. The number of hydrogen-bond acceptors (Lipinski definition) is 3. The highest BCUT2D eigenvalue weighted by Gasteiger charge is 2.23. The van der Waals surface area contributed by atoms with E-state index >= 15 is 0 Å². The van der Waals surface area contributed by atoms with Crippen molar-refractivity contribution < 1.29 is 9.59 Å². The molecule has 0 radical (unpaired) electrons. The number of carbonyl (C=O) groups is 2. The standard InChI is InChI=1S/C24H30N4O2/c1-16(2)23(24(30)25-12-6-9-21-15-26-28-17(21)3)27-22(29)14-18-10-11-19-7-4-5-8-20(19)13-18/h4-5,7-8,10-11,13,15-16,23H,6,9,12,14H2,1-3H3,(H,25,30)(H,26,28)(H,27,29). The fourth-order valence-electron chi connectivity index (χ4n) is 3.52. The summed E-state index contributed by atoms with van der Waals surface area (Å²) in [5.41, 5.74) is 3.15. The average Bonchev–Trinajstić information content (AvgIpc) is 3.13. The molecule has 0 saturated heterocycles. The summed E-state index contributed by atoms with van der Waals surface area (Å²) < 4.78 is 0. The van der Waals surface area contributed by atoms with E-state index < -0.39 is 6.04 Å². The molecule has 0 fully saturated rings. The number of fused-ring (bicyclic) bond motifs is 1. The van der Waals surface area contributed by atoms with Gasteiger partial charge in [0.25, 0.3) is 0 Å². The second kappa shape index (κ2) is 10.1. The molecule has 1 atom stereocenters. The third kappa shape index (κ3) is 5.69. The van der Waals surface area contributed by atoms with E-state index in [1.807, 2.05) is 69.4 Å². The molecule has 0 saturated carbocycles. The SMILES string of the molecule is Cc1[nH]ncc1CCCNC(=O)C(NC(=O)Cc1ccc2ccccc2c1)C(C)C. The van der Waals surface area contributed by atoms with Gasteiger partial charge in [-0.05, 0) is 47.6 Å². The molecule has 3 aromatic rings. The van der Waals surface area contributed by atoms with Crippen LogP contribution >= 0.6 is 0 Å². The Morgan fingerprint density at radius 3 is 2.57 bits per heavy atom. The Kier molecular flexibility index (Phi) is 7.22. The molecule has 6 nitrogen and oxygen atoms in total. The van der Waals surface area contributed by atoms with E-state index in [0.717, 1.165) is 40.4 Å². The first-order chi connectivity index (χ1) is 14.4. The molecule has 6 heteroatoms. The Labute approximate surface area is 177 Å². The minimum absolute atomic E-state index is 0.00155. The number of rotatable bonds is 9. The van der Waals surface area contributed by atoms with Crippen molar-refractivity contribution in [1.82, 2.24) is 20.8 Å². The fourth-order valence-corrected chi connectivity index (χ4v) is 3.52. The first kappa shape index (κ1) is 21.6. The van der Waals surface area contributed by atoms with Crippen LogP contribution in [0.5, 0.6) is 0 Å². The summed E-state index contributed by atoms with van der Waals surface area (Å²) in [5, 5.41) is 15.0. The number of benzene rings is 2. The number of aromatic nitrogens is 2. The smallest absolute Gasteiger partial charge is 0.242 e. The first-order valence-electron chi connectivity index (χ1n) is 10.5. The predicted molar refractivity (Wildman–Crippen MR) is 119 cm³/mol. The predicted octanol–water partition coefficient (Wildman–Crippen LogP) is 3.30. The minimum Gasteiger partial charge on any atom is -0.354 e. The van der Waals surface area contributed by atoms with Gasteiger partial charge in [0.1, 0.15) is 6.04 Å². The van der Waals surface area contributed by atoms with Crippen molar-refractivity contribution >= 4 is 22.6 Å². The lowest BCUT2D eigenvalue weighted by molar-refractivity contribution is -0.129. The lowest BCUT2D eigenvalue weighted by Crippen LogP contribution is -2.50. The highest BCUT2D eigenvalue weighted by molar-refractivity contribution is 5.89. The molecule has 0 aliphatic carbocycles. The molecule has 2 aromatic carbocycles. The van der Waals surface area contributed by atoms with Crippen LogP contribution in [-0.4, -0.2) is 34.6 Å². The number of aryl methyl sites for hydroxylation is 2. The lowest BCUT2D eigenvalue weighted by atomic mass is 10.0. The van der Waals surface area contributed by atoms with Gasteiger partial charge < -0.3 is 10.6 Å². The highest BCUT2D eigenvalue weighted by Crippen LogP contribution is 2.16. The zero-order chi connectivity index (χ0) is 21.5. The quantitative estimate of drug-likeness (QED) is 0.477. The molecule has 0 bridgehead atoms. The molecule has 0 aliphatic heterocycles. The van der Waals surface area contributed by atoms with Gasteiger partial charge in [-0.1, -0.05) is 56.3 Å². The summed E-state index contributed by atoms with van der Waals surface area (Å²) in [6.45, 7) is 6.43. The summed E-state index contributed by atoms with van der Waals surface area (Å²) in [4.78, 5) is 25.2. The molecule has 0 aliphatic rings. The van der Waals surface area contributed by atoms with E-state index in [1.165, 1.54) is 0 Å². The van der Waals surface area contributed by atoms with Crippen LogP contribution in [0.1, 0.15) is 37.1 Å². The Bertz CT molecular complexity index is 1010. The number of aromatic amines is 1. The van der Waals surface area contributed by atoms with Gasteiger partial charge in [0.15, 0.2) is 0 Å². The molecular formula is C24H30N4O2. The van der Waals surface area contributed by atoms with Crippen molar-refractivity contribution in [3.63, 3.8) is 0 Å². The van der Waals surface area contributed by atoms with Crippen LogP contribution in [0.2, 0.25) is 0 Å². The number of nitrogens with one attached hydrogen (secondary N) is 3. The third-order valence-electron chi connectivity index (χ3n) is 5.30. The van der Waals surface area contributed by atoms with E-state index in [0.29, 0.717) is 6.54 Å². The number of H-pyrrole nitrogens is 1. The van der Waals surface area contributed by atoms with Gasteiger partial charge in [-0.15, -0.1) is 0 Å². The van der Waals surface area contributed by atoms with Crippen molar-refractivity contribution in [2.75, 3.05) is 6.54 Å². The maximum absolute atomic E-state index is 12.6. The summed E-state index contributed by atoms with van der Waals surface area (Å²) in [6, 6.07) is 13.5. The van der Waals surface area contributed by atoms with Gasteiger partial charge in [0.2, 0.25) is 11.8 Å². The van der Waals surface area contributed by atoms with Crippen molar-refractivity contribution in [3.05, 3.63) is 65.5 Å². The maximum atomic E-state index is 12.6. The van der Waals surface area contributed by atoms with Gasteiger partial charge in [-0.3, -0.25) is 14.7 Å². The number of carbonyl (C=O) groups excluding carboxylic acids is 2. The summed E-state index contributed by atoms with van der Waals surface area (Å²) in [5.74, 6) is -0.282. The fraction of sp³-hybridized carbons (Fsp3) is 0.375. The molecule has 1 unspecified atom stereocenters. The van der Waals surface area contributed by atoms with Crippen molar-refractivity contribution in [2.45, 2.75) is 46.1 Å². The van der Waals surface area contributed by atoms with E-state index in [4.69, 9.17) is 0 Å². The molecule has 1 aromatic heterocycles. The average molecular weight is 407 g/mol. The van der Waals surface area contributed by atoms with Gasteiger partial charge in [-0.25, -0.2) is 0 Å². The lowest BCUT2D eigenvalue weighted by Gasteiger charge is -2.22. The summed E-state index contributed by atoms with van der Waals surface area (Å²) in [6.07, 6.45) is 3.74. The second-order valence-electron chi connectivity index (χ2n) is 8.06. The van der Waals surface area contributed by atoms with E-state index in [-0.39, 0.29) is 24.2 Å². The van der Waals surface area contributed by atoms with E-state index in [1.54, 1.807) is 0 Å². The van der Waals surface area contributed by atoms with Crippen LogP contribution in [0.3, 0.4) is 0 Å². The molecule has 1 heterocycles. The van der Waals surface area contributed by atoms with Crippen LogP contribution in [0, 0.1) is 12.8 Å². The molecular weight excluding hydrogens is 376 g/mol. The van der Waals surface area contributed by atoms with Gasteiger partial charge in [0, 0.05) is 12.2 Å². The van der Waals surface area contributed by atoms with Crippen LogP contribution in [0.15, 0.2) is 48.7 Å². The summed E-state index contributed by atoms with van der Waals surface area (Å²) in [7, 11) is 0. The molecule has 3 rings (SSSR count). The first-order valence-corrected chi connectivity index (χ1v) is 10.5. The normalized spacial score (nSPS) is 12.1. The largest absolute Gasteiger partial charge is 0.354 e. The second-order valence-corrected chi connectivity index (χ2v) is 8.06. The van der Waals surface area contributed by atoms with Crippen LogP contribution in [0.4, 0.5) is 0 Å². The topological polar surface area (TPSA) is 86.9 Å². The van der Waals surface area contributed by atoms with Crippen molar-refractivity contribution in [2.24, 2.45) is 5.92 Å². The number of nitrogens with zero attached hydrogens (tertiary/aromatic N) is 1.